The maximum absolute atomic E-state index is 11.5. The van der Waals surface area contributed by atoms with E-state index >= 15 is 0 Å². The van der Waals surface area contributed by atoms with Gasteiger partial charge in [0.2, 0.25) is 0 Å². The first-order chi connectivity index (χ1) is 7.67. The smallest absolute Gasteiger partial charge is 0.312 e. The van der Waals surface area contributed by atoms with Crippen LogP contribution >= 0.6 is 0 Å². The van der Waals surface area contributed by atoms with E-state index in [0.29, 0.717) is 19.3 Å². The van der Waals surface area contributed by atoms with E-state index in [2.05, 4.69) is 13.8 Å². The largest absolute Gasteiger partial charge is 0.481 e. The molecule has 0 aromatic rings. The molecule has 1 saturated carbocycles. The predicted molar refractivity (Wildman–Crippen MR) is 67.8 cm³/mol. The van der Waals surface area contributed by atoms with Gasteiger partial charge in [-0.15, -0.1) is 0 Å². The molecule has 0 aromatic carbocycles. The zero-order valence-corrected chi connectivity index (χ0v) is 11.5. The van der Waals surface area contributed by atoms with Crippen LogP contribution in [0.1, 0.15) is 66.2 Å². The van der Waals surface area contributed by atoms with E-state index in [0.717, 1.165) is 19.3 Å². The number of hydrogen-bond donors (Lipinski definition) is 2. The third-order valence-electron chi connectivity index (χ3n) is 4.68. The average molecular weight is 242 g/mol. The molecule has 0 heterocycles. The van der Waals surface area contributed by atoms with Gasteiger partial charge in [-0.2, -0.15) is 0 Å². The molecule has 1 aliphatic carbocycles. The fraction of sp³-hybridized carbons (Fsp3) is 0.929. The summed E-state index contributed by atoms with van der Waals surface area (Å²) >= 11 is 0. The number of carbonyl (C=O) groups is 1. The molecule has 1 atom stereocenters. The fourth-order valence-corrected chi connectivity index (χ4v) is 2.93. The van der Waals surface area contributed by atoms with Gasteiger partial charge in [-0.3, -0.25) is 4.79 Å². The van der Waals surface area contributed by atoms with E-state index in [1.165, 1.54) is 0 Å². The number of carboxylic acid groups (broad SMARTS) is 1. The highest BCUT2D eigenvalue weighted by Crippen LogP contribution is 2.50. The van der Waals surface area contributed by atoms with Crippen molar-refractivity contribution in [2.45, 2.75) is 71.8 Å². The van der Waals surface area contributed by atoms with E-state index in [1.807, 2.05) is 6.92 Å². The molecule has 100 valence electrons. The van der Waals surface area contributed by atoms with Gasteiger partial charge in [-0.1, -0.05) is 27.2 Å². The topological polar surface area (TPSA) is 57.5 Å². The highest BCUT2D eigenvalue weighted by molar-refractivity contribution is 5.75. The molecule has 3 nitrogen and oxygen atoms in total. The average Bonchev–Trinajstić information content (AvgIpc) is 2.23. The van der Waals surface area contributed by atoms with Crippen LogP contribution in [0.5, 0.6) is 0 Å². The van der Waals surface area contributed by atoms with E-state index in [9.17, 15) is 15.0 Å². The normalized spacial score (nSPS) is 26.2. The third-order valence-corrected chi connectivity index (χ3v) is 4.68. The molecule has 2 N–H and O–H groups in total. The molecule has 0 aromatic heterocycles. The van der Waals surface area contributed by atoms with Crippen LogP contribution in [-0.2, 0) is 4.79 Å². The summed E-state index contributed by atoms with van der Waals surface area (Å²) in [6.07, 6.45) is 4.32. The minimum Gasteiger partial charge on any atom is -0.481 e. The summed E-state index contributed by atoms with van der Waals surface area (Å²) in [5.41, 5.74) is -1.81. The second kappa shape index (κ2) is 4.60. The van der Waals surface area contributed by atoms with Crippen LogP contribution in [0.3, 0.4) is 0 Å². The first kappa shape index (κ1) is 14.5. The molecule has 1 aliphatic rings. The van der Waals surface area contributed by atoms with Gasteiger partial charge >= 0.3 is 5.97 Å². The Labute approximate surface area is 104 Å². The lowest BCUT2D eigenvalue weighted by atomic mass is 9.59. The minimum atomic E-state index is -1.04. The third kappa shape index (κ3) is 2.65. The van der Waals surface area contributed by atoms with Crippen molar-refractivity contribution >= 4 is 5.97 Å². The van der Waals surface area contributed by atoms with Crippen LogP contribution in [-0.4, -0.2) is 21.8 Å². The highest BCUT2D eigenvalue weighted by atomic mass is 16.4. The zero-order chi connectivity index (χ0) is 13.3. The van der Waals surface area contributed by atoms with Crippen molar-refractivity contribution in [3.63, 3.8) is 0 Å². The predicted octanol–water partition coefficient (Wildman–Crippen LogP) is 3.21. The number of aliphatic hydroxyl groups is 1. The Bertz CT molecular complexity index is 286. The molecule has 0 saturated heterocycles. The Balaban J connectivity index is 2.92. The van der Waals surface area contributed by atoms with Crippen LogP contribution in [0, 0.1) is 10.8 Å². The summed E-state index contributed by atoms with van der Waals surface area (Å²) in [5, 5.41) is 20.2. The van der Waals surface area contributed by atoms with E-state index in [4.69, 9.17) is 0 Å². The molecule has 1 rings (SSSR count). The quantitative estimate of drug-likeness (QED) is 0.796. The van der Waals surface area contributed by atoms with E-state index < -0.39 is 17.0 Å². The molecule has 0 bridgehead atoms. The molecule has 3 heteroatoms. The van der Waals surface area contributed by atoms with Crippen molar-refractivity contribution in [3.8, 4) is 0 Å². The maximum atomic E-state index is 11.5. The van der Waals surface area contributed by atoms with E-state index in [-0.39, 0.29) is 5.41 Å². The van der Waals surface area contributed by atoms with Crippen LogP contribution < -0.4 is 0 Å². The zero-order valence-electron chi connectivity index (χ0n) is 11.5. The highest BCUT2D eigenvalue weighted by Gasteiger charge is 2.53. The van der Waals surface area contributed by atoms with Crippen molar-refractivity contribution in [2.75, 3.05) is 0 Å². The number of aliphatic carboxylic acids is 1. The van der Waals surface area contributed by atoms with Gasteiger partial charge in [0.15, 0.2) is 0 Å². The molecule has 0 amide bonds. The van der Waals surface area contributed by atoms with Crippen molar-refractivity contribution < 1.29 is 15.0 Å². The second-order valence-electron chi connectivity index (χ2n) is 6.58. The lowest BCUT2D eigenvalue weighted by molar-refractivity contribution is -0.177. The molecular weight excluding hydrogens is 216 g/mol. The molecule has 0 aliphatic heterocycles. The van der Waals surface area contributed by atoms with Gasteiger partial charge in [-0.05, 0) is 44.4 Å². The van der Waals surface area contributed by atoms with Crippen molar-refractivity contribution in [2.24, 2.45) is 10.8 Å². The Kier molecular flexibility index (Phi) is 3.92. The lowest BCUT2D eigenvalue weighted by Crippen LogP contribution is -2.54. The van der Waals surface area contributed by atoms with Crippen LogP contribution in [0.25, 0.3) is 0 Å². The monoisotopic (exact) mass is 242 g/mol. The molecule has 0 spiro atoms. The lowest BCUT2D eigenvalue weighted by Gasteiger charge is -2.48. The first-order valence-electron chi connectivity index (χ1n) is 6.63. The van der Waals surface area contributed by atoms with Gasteiger partial charge in [0.05, 0.1) is 11.0 Å². The SMILES string of the molecule is CCCC(C)(C(=O)O)C1(O)CCC(C)(C)CC1. The van der Waals surface area contributed by atoms with E-state index in [1.54, 1.807) is 6.92 Å². The summed E-state index contributed by atoms with van der Waals surface area (Å²) in [7, 11) is 0. The van der Waals surface area contributed by atoms with Crippen LogP contribution in [0.15, 0.2) is 0 Å². The Morgan fingerprint density at radius 1 is 1.24 bits per heavy atom. The number of rotatable bonds is 4. The summed E-state index contributed by atoms with van der Waals surface area (Å²) < 4.78 is 0. The first-order valence-corrected chi connectivity index (χ1v) is 6.63. The molecular formula is C14H26O3. The fourth-order valence-electron chi connectivity index (χ4n) is 2.93. The summed E-state index contributed by atoms with van der Waals surface area (Å²) in [5.74, 6) is -0.860. The number of hydrogen-bond acceptors (Lipinski definition) is 2. The van der Waals surface area contributed by atoms with Crippen molar-refractivity contribution in [1.82, 2.24) is 0 Å². The van der Waals surface area contributed by atoms with Crippen LogP contribution in [0.2, 0.25) is 0 Å². The van der Waals surface area contributed by atoms with Gasteiger partial charge in [-0.25, -0.2) is 0 Å². The van der Waals surface area contributed by atoms with Crippen LogP contribution in [0.4, 0.5) is 0 Å². The Hall–Kier alpha value is -0.570. The number of carboxylic acids is 1. The van der Waals surface area contributed by atoms with Gasteiger partial charge in [0, 0.05) is 0 Å². The molecule has 1 unspecified atom stereocenters. The summed E-state index contributed by atoms with van der Waals surface area (Å²) in [6.45, 7) is 8.05. The van der Waals surface area contributed by atoms with Gasteiger partial charge in [0.25, 0.3) is 0 Å². The standard InChI is InChI=1S/C14H26O3/c1-5-6-13(4,11(15)16)14(17)9-7-12(2,3)8-10-14/h17H,5-10H2,1-4H3,(H,15,16). The summed E-state index contributed by atoms with van der Waals surface area (Å²) in [6, 6.07) is 0. The van der Waals surface area contributed by atoms with Crippen molar-refractivity contribution in [1.29, 1.82) is 0 Å². The molecule has 1 fully saturated rings. The van der Waals surface area contributed by atoms with Crippen molar-refractivity contribution in [3.05, 3.63) is 0 Å². The maximum Gasteiger partial charge on any atom is 0.312 e. The molecule has 17 heavy (non-hydrogen) atoms. The molecule has 0 radical (unpaired) electrons. The Morgan fingerprint density at radius 3 is 2.06 bits per heavy atom. The van der Waals surface area contributed by atoms with Gasteiger partial charge < -0.3 is 10.2 Å². The minimum absolute atomic E-state index is 0.234. The Morgan fingerprint density at radius 2 is 1.71 bits per heavy atom. The summed E-state index contributed by atoms with van der Waals surface area (Å²) in [4.78, 5) is 11.5. The van der Waals surface area contributed by atoms with Gasteiger partial charge in [0.1, 0.15) is 0 Å². The second-order valence-corrected chi connectivity index (χ2v) is 6.58.